The number of allylic oxidation sites excluding steroid dienone is 1. The molecule has 23 heavy (non-hydrogen) atoms. The summed E-state index contributed by atoms with van der Waals surface area (Å²) in [6.45, 7) is 6.43. The lowest BCUT2D eigenvalue weighted by Crippen LogP contribution is -2.18. The van der Waals surface area contributed by atoms with Gasteiger partial charge in [0, 0.05) is 19.8 Å². The van der Waals surface area contributed by atoms with Gasteiger partial charge in [0.05, 0.1) is 12.2 Å². The second kappa shape index (κ2) is 14.6. The maximum atomic E-state index is 11.9. The summed E-state index contributed by atoms with van der Waals surface area (Å²) in [4.78, 5) is 13.9. The van der Waals surface area contributed by atoms with Gasteiger partial charge in [-0.1, -0.05) is 64.7 Å². The van der Waals surface area contributed by atoms with E-state index in [-0.39, 0.29) is 5.97 Å². The van der Waals surface area contributed by atoms with E-state index in [1.807, 2.05) is 27.9 Å². The molecule has 0 aliphatic heterocycles. The van der Waals surface area contributed by atoms with Gasteiger partial charge < -0.3 is 9.64 Å². The first-order chi connectivity index (χ1) is 11.0. The summed E-state index contributed by atoms with van der Waals surface area (Å²) in [5.41, 5.74) is 1.87. The van der Waals surface area contributed by atoms with Gasteiger partial charge in [0.1, 0.15) is 0 Å². The van der Waals surface area contributed by atoms with Crippen LogP contribution in [0, 0.1) is 0 Å². The first-order valence-corrected chi connectivity index (χ1v) is 9.58. The first-order valence-electron chi connectivity index (χ1n) is 9.58. The highest BCUT2D eigenvalue weighted by atomic mass is 16.5. The van der Waals surface area contributed by atoms with Crippen molar-refractivity contribution in [3.8, 4) is 0 Å². The second-order valence-corrected chi connectivity index (χ2v) is 6.62. The summed E-state index contributed by atoms with van der Waals surface area (Å²) < 4.78 is 5.11. The lowest BCUT2D eigenvalue weighted by molar-refractivity contribution is -0.138. The Hall–Kier alpha value is -0.990. The van der Waals surface area contributed by atoms with Gasteiger partial charge in [-0.25, -0.2) is 4.79 Å². The minimum absolute atomic E-state index is 0.178. The highest BCUT2D eigenvalue weighted by molar-refractivity contribution is 5.88. The molecule has 0 aromatic carbocycles. The van der Waals surface area contributed by atoms with Crippen LogP contribution in [0.25, 0.3) is 0 Å². The Bertz CT molecular complexity index is 335. The van der Waals surface area contributed by atoms with Crippen molar-refractivity contribution in [1.29, 1.82) is 0 Å². The number of ether oxygens (including phenoxy) is 1. The molecule has 0 N–H and O–H groups in total. The molecule has 0 rings (SSSR count). The molecule has 136 valence electrons. The quantitative estimate of drug-likeness (QED) is 0.233. The van der Waals surface area contributed by atoms with Crippen LogP contribution >= 0.6 is 0 Å². The normalized spacial score (nSPS) is 12.0. The van der Waals surface area contributed by atoms with Crippen molar-refractivity contribution in [2.45, 2.75) is 91.4 Å². The predicted molar refractivity (Wildman–Crippen MR) is 99.5 cm³/mol. The molecule has 0 saturated carbocycles. The van der Waals surface area contributed by atoms with E-state index in [0.717, 1.165) is 24.1 Å². The van der Waals surface area contributed by atoms with E-state index in [1.165, 1.54) is 57.8 Å². The van der Waals surface area contributed by atoms with E-state index < -0.39 is 0 Å². The zero-order valence-electron chi connectivity index (χ0n) is 16.2. The predicted octanol–water partition coefficient (Wildman–Crippen LogP) is 5.70. The summed E-state index contributed by atoms with van der Waals surface area (Å²) in [6, 6.07) is 0. The molecule has 0 heterocycles. The van der Waals surface area contributed by atoms with Gasteiger partial charge in [0.2, 0.25) is 0 Å². The topological polar surface area (TPSA) is 29.5 Å². The number of rotatable bonds is 14. The van der Waals surface area contributed by atoms with Crippen molar-refractivity contribution < 1.29 is 9.53 Å². The highest BCUT2D eigenvalue weighted by Gasteiger charge is 2.13. The standard InChI is InChI=1S/C20H39NO2/c1-6-8-9-10-11-12-13-14-15-16-17-19(21(4)5)18(3)20(22)23-7-2/h6-17H2,1-5H3. The van der Waals surface area contributed by atoms with Crippen molar-refractivity contribution >= 4 is 5.97 Å². The van der Waals surface area contributed by atoms with Crippen LogP contribution in [0.4, 0.5) is 0 Å². The molecular weight excluding hydrogens is 286 g/mol. The van der Waals surface area contributed by atoms with E-state index in [1.54, 1.807) is 0 Å². The summed E-state index contributed by atoms with van der Waals surface area (Å²) in [5, 5.41) is 0. The number of carbonyl (C=O) groups excluding carboxylic acids is 1. The molecule has 0 aliphatic rings. The van der Waals surface area contributed by atoms with Crippen LogP contribution in [0.2, 0.25) is 0 Å². The third kappa shape index (κ3) is 11.2. The number of carbonyl (C=O) groups is 1. The van der Waals surface area contributed by atoms with Crippen molar-refractivity contribution in [1.82, 2.24) is 4.90 Å². The van der Waals surface area contributed by atoms with E-state index in [2.05, 4.69) is 11.8 Å². The van der Waals surface area contributed by atoms with Crippen LogP contribution in [0.15, 0.2) is 11.3 Å². The number of hydrogen-bond donors (Lipinski definition) is 0. The van der Waals surface area contributed by atoms with Crippen molar-refractivity contribution in [2.75, 3.05) is 20.7 Å². The Morgan fingerprint density at radius 2 is 1.30 bits per heavy atom. The molecule has 0 unspecified atom stereocenters. The fourth-order valence-corrected chi connectivity index (χ4v) is 2.88. The van der Waals surface area contributed by atoms with Crippen LogP contribution in [0.5, 0.6) is 0 Å². The summed E-state index contributed by atoms with van der Waals surface area (Å²) in [6.07, 6.45) is 14.3. The van der Waals surface area contributed by atoms with Crippen LogP contribution in [-0.2, 0) is 9.53 Å². The molecule has 0 aromatic rings. The average molecular weight is 326 g/mol. The van der Waals surface area contributed by atoms with Gasteiger partial charge in [-0.05, 0) is 26.7 Å². The third-order valence-electron chi connectivity index (χ3n) is 4.32. The number of unbranched alkanes of at least 4 members (excludes halogenated alkanes) is 9. The number of esters is 1. The Labute approximate surface area is 144 Å². The molecule has 0 saturated heterocycles. The molecule has 3 nitrogen and oxygen atoms in total. The molecule has 0 aromatic heterocycles. The lowest BCUT2D eigenvalue weighted by Gasteiger charge is -2.20. The zero-order chi connectivity index (χ0) is 17.5. The first kappa shape index (κ1) is 22.0. The Morgan fingerprint density at radius 3 is 1.74 bits per heavy atom. The molecule has 0 fully saturated rings. The van der Waals surface area contributed by atoms with Gasteiger partial charge in [0.25, 0.3) is 0 Å². The van der Waals surface area contributed by atoms with Crippen molar-refractivity contribution in [2.24, 2.45) is 0 Å². The van der Waals surface area contributed by atoms with E-state index in [4.69, 9.17) is 4.74 Å². The molecule has 0 bridgehead atoms. The Balaban J connectivity index is 3.90. The molecular formula is C20H39NO2. The fourth-order valence-electron chi connectivity index (χ4n) is 2.88. The minimum atomic E-state index is -0.178. The zero-order valence-corrected chi connectivity index (χ0v) is 16.2. The average Bonchev–Trinajstić information content (AvgIpc) is 2.52. The highest BCUT2D eigenvalue weighted by Crippen LogP contribution is 2.18. The molecule has 0 spiro atoms. The van der Waals surface area contributed by atoms with Crippen molar-refractivity contribution in [3.63, 3.8) is 0 Å². The maximum Gasteiger partial charge on any atom is 0.335 e. The molecule has 0 aliphatic carbocycles. The Morgan fingerprint density at radius 1 is 0.826 bits per heavy atom. The molecule has 0 atom stereocenters. The monoisotopic (exact) mass is 325 g/mol. The van der Waals surface area contributed by atoms with Crippen LogP contribution in [0.1, 0.15) is 91.4 Å². The van der Waals surface area contributed by atoms with E-state index in [0.29, 0.717) is 6.61 Å². The lowest BCUT2D eigenvalue weighted by atomic mass is 10.0. The largest absolute Gasteiger partial charge is 0.463 e. The minimum Gasteiger partial charge on any atom is -0.463 e. The summed E-state index contributed by atoms with van der Waals surface area (Å²) in [5.74, 6) is -0.178. The molecule has 0 amide bonds. The van der Waals surface area contributed by atoms with Crippen molar-refractivity contribution in [3.05, 3.63) is 11.3 Å². The van der Waals surface area contributed by atoms with E-state index in [9.17, 15) is 4.79 Å². The second-order valence-electron chi connectivity index (χ2n) is 6.62. The summed E-state index contributed by atoms with van der Waals surface area (Å²) >= 11 is 0. The van der Waals surface area contributed by atoms with Crippen LogP contribution in [0.3, 0.4) is 0 Å². The fraction of sp³-hybridized carbons (Fsp3) is 0.850. The van der Waals surface area contributed by atoms with Gasteiger partial charge in [-0.2, -0.15) is 0 Å². The number of nitrogens with zero attached hydrogens (tertiary/aromatic N) is 1. The smallest absolute Gasteiger partial charge is 0.335 e. The third-order valence-corrected chi connectivity index (χ3v) is 4.32. The Kier molecular flexibility index (Phi) is 14.0. The number of hydrogen-bond acceptors (Lipinski definition) is 3. The van der Waals surface area contributed by atoms with Crippen LogP contribution in [-0.4, -0.2) is 31.6 Å². The molecule has 3 heteroatoms. The van der Waals surface area contributed by atoms with Gasteiger partial charge in [-0.3, -0.25) is 0 Å². The maximum absolute atomic E-state index is 11.9. The van der Waals surface area contributed by atoms with Crippen LogP contribution < -0.4 is 0 Å². The van der Waals surface area contributed by atoms with E-state index >= 15 is 0 Å². The summed E-state index contributed by atoms with van der Waals surface area (Å²) in [7, 11) is 4.02. The van der Waals surface area contributed by atoms with Gasteiger partial charge >= 0.3 is 5.97 Å². The van der Waals surface area contributed by atoms with Gasteiger partial charge in [0.15, 0.2) is 0 Å². The molecule has 0 radical (unpaired) electrons. The SMILES string of the molecule is CCCCCCCCCCCCC(=C(C)C(=O)OCC)N(C)C. The van der Waals surface area contributed by atoms with Gasteiger partial charge in [-0.15, -0.1) is 0 Å².